The number of ether oxygens (including phenoxy) is 1. The number of carbonyl (C=O) groups is 4. The second kappa shape index (κ2) is 12.2. The Hall–Kier alpha value is -2.78. The lowest BCUT2D eigenvalue weighted by atomic mass is 9.83. The Bertz CT molecular complexity index is 1060. The summed E-state index contributed by atoms with van der Waals surface area (Å²) in [5.74, 6) is -0.548. The van der Waals surface area contributed by atoms with Gasteiger partial charge in [0.25, 0.3) is 5.91 Å². The lowest BCUT2D eigenvalue weighted by Crippen LogP contribution is -2.57. The van der Waals surface area contributed by atoms with E-state index in [9.17, 15) is 19.2 Å². The zero-order valence-corrected chi connectivity index (χ0v) is 23.2. The maximum absolute atomic E-state index is 14.2. The van der Waals surface area contributed by atoms with Crippen LogP contribution in [0.5, 0.6) is 0 Å². The standard InChI is InChI=1S/C30H42N4O5/c1-19(2)16-24(32-29(37)21-8-10-22(11-9-21)33-12-14-39-15-13-33)30(38)34-25(17-23-27(34)26(35)18-31-23)28(36)20-6-4-3-5-7-20/h8-11,19-20,23-25,27,31H,3-7,12-18H2,1-2H3,(H,32,37). The zero-order chi connectivity index (χ0) is 27.5. The molecule has 4 aliphatic rings. The van der Waals surface area contributed by atoms with Gasteiger partial charge < -0.3 is 25.2 Å². The molecule has 5 rings (SSSR count). The quantitative estimate of drug-likeness (QED) is 0.523. The van der Waals surface area contributed by atoms with Crippen LogP contribution in [0.15, 0.2) is 24.3 Å². The number of Topliss-reactive ketones (excluding diaryl/α,β-unsaturated/α-hetero) is 2. The molecule has 0 radical (unpaired) electrons. The van der Waals surface area contributed by atoms with Gasteiger partial charge in [0, 0.05) is 36.3 Å². The van der Waals surface area contributed by atoms with Crippen LogP contribution in [0.1, 0.15) is 69.2 Å². The van der Waals surface area contributed by atoms with Gasteiger partial charge in [-0.3, -0.25) is 19.2 Å². The van der Waals surface area contributed by atoms with Gasteiger partial charge in [0.1, 0.15) is 12.1 Å². The van der Waals surface area contributed by atoms with Crippen LogP contribution >= 0.6 is 0 Å². The minimum atomic E-state index is -0.815. The molecule has 4 fully saturated rings. The van der Waals surface area contributed by atoms with Crippen molar-refractivity contribution in [1.29, 1.82) is 0 Å². The monoisotopic (exact) mass is 538 g/mol. The number of amides is 2. The molecule has 0 bridgehead atoms. The summed E-state index contributed by atoms with van der Waals surface area (Å²) in [6, 6.07) is 5.12. The van der Waals surface area contributed by atoms with Crippen molar-refractivity contribution in [2.75, 3.05) is 37.7 Å². The molecule has 1 saturated carbocycles. The number of hydrogen-bond acceptors (Lipinski definition) is 7. The van der Waals surface area contributed by atoms with Crippen LogP contribution in [0.25, 0.3) is 0 Å². The van der Waals surface area contributed by atoms with Crippen LogP contribution in [0.2, 0.25) is 0 Å². The summed E-state index contributed by atoms with van der Waals surface area (Å²) in [4.78, 5) is 57.8. The molecule has 1 aliphatic carbocycles. The van der Waals surface area contributed by atoms with Crippen molar-refractivity contribution >= 4 is 29.1 Å². The first kappa shape index (κ1) is 27.8. The maximum atomic E-state index is 14.2. The topological polar surface area (TPSA) is 108 Å². The molecular formula is C30H42N4O5. The van der Waals surface area contributed by atoms with E-state index in [4.69, 9.17) is 4.74 Å². The maximum Gasteiger partial charge on any atom is 0.251 e. The largest absolute Gasteiger partial charge is 0.378 e. The van der Waals surface area contributed by atoms with Gasteiger partial charge in [-0.05, 0) is 55.9 Å². The highest BCUT2D eigenvalue weighted by Crippen LogP contribution is 2.35. The van der Waals surface area contributed by atoms with Gasteiger partial charge in [0.15, 0.2) is 11.6 Å². The molecular weight excluding hydrogens is 496 g/mol. The fourth-order valence-corrected chi connectivity index (χ4v) is 6.74. The van der Waals surface area contributed by atoms with Crippen molar-refractivity contribution in [3.05, 3.63) is 29.8 Å². The van der Waals surface area contributed by atoms with Gasteiger partial charge in [-0.25, -0.2) is 0 Å². The molecule has 212 valence electrons. The number of benzene rings is 1. The number of anilines is 1. The summed E-state index contributed by atoms with van der Waals surface area (Å²) in [5, 5.41) is 6.19. The average molecular weight is 539 g/mol. The first-order valence-corrected chi connectivity index (χ1v) is 14.7. The Morgan fingerprint density at radius 1 is 1.05 bits per heavy atom. The highest BCUT2D eigenvalue weighted by atomic mass is 16.5. The molecule has 1 aromatic rings. The number of likely N-dealkylation sites (tertiary alicyclic amines) is 1. The summed E-state index contributed by atoms with van der Waals surface area (Å²) in [7, 11) is 0. The van der Waals surface area contributed by atoms with E-state index >= 15 is 0 Å². The number of nitrogens with one attached hydrogen (secondary N) is 2. The van der Waals surface area contributed by atoms with Crippen molar-refractivity contribution in [1.82, 2.24) is 15.5 Å². The van der Waals surface area contributed by atoms with Crippen LogP contribution in [0.3, 0.4) is 0 Å². The molecule has 3 aliphatic heterocycles. The Kier molecular flexibility index (Phi) is 8.67. The highest BCUT2D eigenvalue weighted by Gasteiger charge is 2.54. The van der Waals surface area contributed by atoms with Crippen molar-refractivity contribution in [2.24, 2.45) is 11.8 Å². The summed E-state index contributed by atoms with van der Waals surface area (Å²) < 4.78 is 5.42. The summed E-state index contributed by atoms with van der Waals surface area (Å²) >= 11 is 0. The molecule has 4 atom stereocenters. The van der Waals surface area contributed by atoms with Gasteiger partial charge in [-0.1, -0.05) is 33.1 Å². The normalized spacial score (nSPS) is 26.5. The molecule has 2 amide bonds. The molecule has 0 aromatic heterocycles. The third kappa shape index (κ3) is 6.04. The number of morpholine rings is 1. The Morgan fingerprint density at radius 3 is 2.41 bits per heavy atom. The number of nitrogens with zero attached hydrogens (tertiary/aromatic N) is 2. The predicted molar refractivity (Wildman–Crippen MR) is 148 cm³/mol. The van der Waals surface area contributed by atoms with Crippen LogP contribution in [-0.4, -0.2) is 85.3 Å². The first-order chi connectivity index (χ1) is 18.8. The Labute approximate surface area is 231 Å². The lowest BCUT2D eigenvalue weighted by molar-refractivity contribution is -0.145. The molecule has 9 nitrogen and oxygen atoms in total. The molecule has 2 N–H and O–H groups in total. The highest BCUT2D eigenvalue weighted by molar-refractivity contribution is 6.02. The van der Waals surface area contributed by atoms with Crippen LogP contribution in [0.4, 0.5) is 5.69 Å². The molecule has 9 heteroatoms. The van der Waals surface area contributed by atoms with E-state index in [1.54, 1.807) is 17.0 Å². The average Bonchev–Trinajstić information content (AvgIpc) is 3.52. The van der Waals surface area contributed by atoms with Gasteiger partial charge in [0.2, 0.25) is 5.91 Å². The van der Waals surface area contributed by atoms with Crippen molar-refractivity contribution < 1.29 is 23.9 Å². The Balaban J connectivity index is 1.34. The smallest absolute Gasteiger partial charge is 0.251 e. The Morgan fingerprint density at radius 2 is 1.74 bits per heavy atom. The summed E-state index contributed by atoms with van der Waals surface area (Å²) in [6.07, 6.45) is 5.77. The SMILES string of the molecule is CC(C)CC(NC(=O)c1ccc(N2CCOCC2)cc1)C(=O)N1C(C(=O)C2CCCCC2)CC2NCC(=O)C21. The van der Waals surface area contributed by atoms with Gasteiger partial charge in [0.05, 0.1) is 25.8 Å². The fraction of sp³-hybridized carbons (Fsp3) is 0.667. The van der Waals surface area contributed by atoms with Gasteiger partial charge in [-0.2, -0.15) is 0 Å². The summed E-state index contributed by atoms with van der Waals surface area (Å²) in [6.45, 7) is 7.20. The molecule has 4 unspecified atom stereocenters. The van der Waals surface area contributed by atoms with E-state index < -0.39 is 18.1 Å². The molecule has 3 heterocycles. The third-order valence-corrected chi connectivity index (χ3v) is 8.77. The number of hydrogen-bond donors (Lipinski definition) is 2. The van der Waals surface area contributed by atoms with Crippen LogP contribution in [0, 0.1) is 11.8 Å². The third-order valence-electron chi connectivity index (χ3n) is 8.77. The van der Waals surface area contributed by atoms with E-state index in [2.05, 4.69) is 15.5 Å². The zero-order valence-electron chi connectivity index (χ0n) is 23.2. The minimum Gasteiger partial charge on any atom is -0.378 e. The number of rotatable bonds is 8. The molecule has 3 saturated heterocycles. The lowest BCUT2D eigenvalue weighted by Gasteiger charge is -2.34. The van der Waals surface area contributed by atoms with Gasteiger partial charge in [-0.15, -0.1) is 0 Å². The fourth-order valence-electron chi connectivity index (χ4n) is 6.74. The van der Waals surface area contributed by atoms with Gasteiger partial charge >= 0.3 is 0 Å². The van der Waals surface area contributed by atoms with E-state index in [-0.39, 0.29) is 47.8 Å². The minimum absolute atomic E-state index is 0.0550. The van der Waals surface area contributed by atoms with Crippen molar-refractivity contribution in [2.45, 2.75) is 83.0 Å². The first-order valence-electron chi connectivity index (χ1n) is 14.7. The second-order valence-electron chi connectivity index (χ2n) is 11.9. The number of fused-ring (bicyclic) bond motifs is 1. The van der Waals surface area contributed by atoms with E-state index in [0.717, 1.165) is 50.9 Å². The summed E-state index contributed by atoms with van der Waals surface area (Å²) in [5.41, 5.74) is 1.50. The second-order valence-corrected chi connectivity index (χ2v) is 11.9. The van der Waals surface area contributed by atoms with E-state index in [1.165, 1.54) is 0 Å². The molecule has 39 heavy (non-hydrogen) atoms. The molecule has 1 aromatic carbocycles. The van der Waals surface area contributed by atoms with Crippen molar-refractivity contribution in [3.8, 4) is 0 Å². The van der Waals surface area contributed by atoms with Crippen LogP contribution < -0.4 is 15.5 Å². The van der Waals surface area contributed by atoms with Crippen LogP contribution in [-0.2, 0) is 19.1 Å². The molecule has 0 spiro atoms. The number of ketones is 2. The van der Waals surface area contributed by atoms with Crippen molar-refractivity contribution in [3.63, 3.8) is 0 Å². The van der Waals surface area contributed by atoms with E-state index in [0.29, 0.717) is 31.6 Å². The predicted octanol–water partition coefficient (Wildman–Crippen LogP) is 2.33. The van der Waals surface area contributed by atoms with E-state index in [1.807, 2.05) is 26.0 Å². The number of carbonyl (C=O) groups excluding carboxylic acids is 4.